The van der Waals surface area contributed by atoms with Crippen LogP contribution in [-0.2, 0) is 14.9 Å². The van der Waals surface area contributed by atoms with Crippen molar-refractivity contribution >= 4 is 33.9 Å². The van der Waals surface area contributed by atoms with Crippen molar-refractivity contribution in [2.24, 2.45) is 0 Å². The van der Waals surface area contributed by atoms with Crippen molar-refractivity contribution in [3.8, 4) is 23.0 Å². The average molecular weight is 417 g/mol. The van der Waals surface area contributed by atoms with Crippen LogP contribution in [0.4, 0.5) is 5.69 Å². The molecular formula is C20H19NO7S. The van der Waals surface area contributed by atoms with Gasteiger partial charge in [-0.1, -0.05) is 0 Å². The summed E-state index contributed by atoms with van der Waals surface area (Å²) in [6.07, 6.45) is 4.38. The number of benzene rings is 2. The lowest BCUT2D eigenvalue weighted by molar-refractivity contribution is -0.111. The summed E-state index contributed by atoms with van der Waals surface area (Å²) >= 11 is 0. The molecule has 1 heterocycles. The summed E-state index contributed by atoms with van der Waals surface area (Å²) in [5.74, 6) is 1.25. The molecule has 0 saturated heterocycles. The van der Waals surface area contributed by atoms with Crippen LogP contribution in [0.2, 0.25) is 0 Å². The first-order valence-corrected chi connectivity index (χ1v) is 9.88. The summed E-state index contributed by atoms with van der Waals surface area (Å²) < 4.78 is 43.5. The molecule has 0 radical (unpaired) electrons. The van der Waals surface area contributed by atoms with Crippen molar-refractivity contribution < 1.29 is 31.6 Å². The molecule has 1 aliphatic heterocycles. The SMILES string of the molecule is COc1cc(/C=C/C(=O)Nc2ccc3c(c2)C=CS(=O)(=O)O3)cc(OC)c1OC. The van der Waals surface area contributed by atoms with Gasteiger partial charge in [0.1, 0.15) is 5.75 Å². The van der Waals surface area contributed by atoms with E-state index in [2.05, 4.69) is 5.32 Å². The van der Waals surface area contributed by atoms with Crippen LogP contribution in [0.3, 0.4) is 0 Å². The molecule has 0 saturated carbocycles. The van der Waals surface area contributed by atoms with Gasteiger partial charge < -0.3 is 23.7 Å². The first kappa shape index (κ1) is 20.3. The second kappa shape index (κ2) is 8.27. The molecule has 9 heteroatoms. The van der Waals surface area contributed by atoms with E-state index in [1.165, 1.54) is 39.5 Å². The molecule has 0 unspecified atom stereocenters. The fraction of sp³-hybridized carbons (Fsp3) is 0.150. The van der Waals surface area contributed by atoms with Gasteiger partial charge in [0.15, 0.2) is 11.5 Å². The van der Waals surface area contributed by atoms with Crippen LogP contribution >= 0.6 is 0 Å². The van der Waals surface area contributed by atoms with Crippen molar-refractivity contribution in [2.75, 3.05) is 26.6 Å². The number of hydrogen-bond donors (Lipinski definition) is 1. The zero-order valence-corrected chi connectivity index (χ0v) is 16.8. The molecule has 3 rings (SSSR count). The number of rotatable bonds is 6. The van der Waals surface area contributed by atoms with E-state index in [9.17, 15) is 13.2 Å². The summed E-state index contributed by atoms with van der Waals surface area (Å²) in [4.78, 5) is 12.3. The number of hydrogen-bond acceptors (Lipinski definition) is 7. The smallest absolute Gasteiger partial charge is 0.332 e. The van der Waals surface area contributed by atoms with E-state index < -0.39 is 10.1 Å². The fourth-order valence-electron chi connectivity index (χ4n) is 2.70. The predicted molar refractivity (Wildman–Crippen MR) is 109 cm³/mol. The van der Waals surface area contributed by atoms with Crippen molar-refractivity contribution in [1.29, 1.82) is 0 Å². The lowest BCUT2D eigenvalue weighted by Gasteiger charge is -2.13. The van der Waals surface area contributed by atoms with Crippen LogP contribution in [0.15, 0.2) is 41.8 Å². The zero-order valence-electron chi connectivity index (χ0n) is 16.0. The number of amides is 1. The van der Waals surface area contributed by atoms with Crippen LogP contribution < -0.4 is 23.7 Å². The molecule has 0 aliphatic carbocycles. The summed E-state index contributed by atoms with van der Waals surface area (Å²) in [7, 11) is 0.837. The summed E-state index contributed by atoms with van der Waals surface area (Å²) in [6, 6.07) is 8.08. The van der Waals surface area contributed by atoms with Crippen LogP contribution in [0, 0.1) is 0 Å². The first-order valence-electron chi connectivity index (χ1n) is 8.41. The fourth-order valence-corrected chi connectivity index (χ4v) is 3.47. The number of methoxy groups -OCH3 is 3. The Morgan fingerprint density at radius 1 is 1.03 bits per heavy atom. The van der Waals surface area contributed by atoms with Crippen molar-refractivity contribution in [2.45, 2.75) is 0 Å². The van der Waals surface area contributed by atoms with E-state index in [1.807, 2.05) is 0 Å². The number of carbonyl (C=O) groups is 1. The molecule has 1 amide bonds. The Morgan fingerprint density at radius 2 is 1.72 bits per heavy atom. The molecule has 152 valence electrons. The standard InChI is InChI=1S/C20H19NO7S/c1-25-17-10-13(11-18(26-2)20(17)27-3)4-7-19(22)21-15-5-6-16-14(12-15)8-9-29(23,24)28-16/h4-12H,1-3H3,(H,21,22)/b7-4+. The Labute approximate surface area is 168 Å². The average Bonchev–Trinajstić information content (AvgIpc) is 2.71. The topological polar surface area (TPSA) is 100 Å². The van der Waals surface area contributed by atoms with Crippen molar-refractivity contribution in [1.82, 2.24) is 0 Å². The van der Waals surface area contributed by atoms with Gasteiger partial charge in [-0.25, -0.2) is 0 Å². The molecule has 0 fully saturated rings. The Balaban J connectivity index is 1.75. The second-order valence-corrected chi connectivity index (χ2v) is 7.34. The highest BCUT2D eigenvalue weighted by Gasteiger charge is 2.17. The van der Waals surface area contributed by atoms with Gasteiger partial charge in [0.25, 0.3) is 0 Å². The van der Waals surface area contributed by atoms with E-state index in [4.69, 9.17) is 18.4 Å². The first-order chi connectivity index (χ1) is 13.8. The third-order valence-corrected chi connectivity index (χ3v) is 4.89. The van der Waals surface area contributed by atoms with E-state index >= 15 is 0 Å². The quantitative estimate of drug-likeness (QED) is 0.569. The molecule has 1 N–H and O–H groups in total. The molecule has 29 heavy (non-hydrogen) atoms. The van der Waals surface area contributed by atoms with Crippen molar-refractivity contribution in [3.63, 3.8) is 0 Å². The highest BCUT2D eigenvalue weighted by molar-refractivity contribution is 7.90. The van der Waals surface area contributed by atoms with Crippen LogP contribution in [-0.4, -0.2) is 35.7 Å². The Morgan fingerprint density at radius 3 is 2.34 bits per heavy atom. The minimum atomic E-state index is -3.70. The lowest BCUT2D eigenvalue weighted by atomic mass is 10.1. The van der Waals surface area contributed by atoms with Gasteiger partial charge >= 0.3 is 10.1 Å². The van der Waals surface area contributed by atoms with Gasteiger partial charge in [-0.15, -0.1) is 0 Å². The highest BCUT2D eigenvalue weighted by atomic mass is 32.2. The van der Waals surface area contributed by atoms with Crippen molar-refractivity contribution in [3.05, 3.63) is 52.9 Å². The minimum absolute atomic E-state index is 0.207. The van der Waals surface area contributed by atoms with E-state index in [-0.39, 0.29) is 11.7 Å². The van der Waals surface area contributed by atoms with Gasteiger partial charge in [-0.3, -0.25) is 4.79 Å². The van der Waals surface area contributed by atoms with E-state index in [0.29, 0.717) is 34.1 Å². The molecule has 0 bridgehead atoms. The predicted octanol–water partition coefficient (Wildman–Crippen LogP) is 3.06. The number of anilines is 1. The number of ether oxygens (including phenoxy) is 3. The summed E-state index contributed by atoms with van der Waals surface area (Å²) in [6.45, 7) is 0. The summed E-state index contributed by atoms with van der Waals surface area (Å²) in [5, 5.41) is 3.67. The largest absolute Gasteiger partial charge is 0.493 e. The second-order valence-electron chi connectivity index (χ2n) is 5.91. The Bertz CT molecular complexity index is 1080. The third kappa shape index (κ3) is 4.69. The van der Waals surface area contributed by atoms with Gasteiger partial charge in [0, 0.05) is 17.3 Å². The number of carbonyl (C=O) groups excluding carboxylic acids is 1. The molecule has 0 spiro atoms. The van der Waals surface area contributed by atoms with Gasteiger partial charge in [0.2, 0.25) is 11.7 Å². The Kier molecular flexibility index (Phi) is 5.79. The third-order valence-electron chi connectivity index (χ3n) is 4.01. The summed E-state index contributed by atoms with van der Waals surface area (Å²) in [5.41, 5.74) is 1.73. The van der Waals surface area contributed by atoms with Gasteiger partial charge in [0.05, 0.1) is 26.7 Å². The monoisotopic (exact) mass is 417 g/mol. The molecule has 0 aromatic heterocycles. The maximum Gasteiger partial charge on any atom is 0.332 e. The maximum absolute atomic E-state index is 12.3. The van der Waals surface area contributed by atoms with Gasteiger partial charge in [-0.05, 0) is 48.0 Å². The van der Waals surface area contributed by atoms with E-state index in [1.54, 1.807) is 30.3 Å². The zero-order chi connectivity index (χ0) is 21.0. The minimum Gasteiger partial charge on any atom is -0.493 e. The number of fused-ring (bicyclic) bond motifs is 1. The van der Waals surface area contributed by atoms with E-state index in [0.717, 1.165) is 5.41 Å². The van der Waals surface area contributed by atoms with Gasteiger partial charge in [-0.2, -0.15) is 8.42 Å². The lowest BCUT2D eigenvalue weighted by Crippen LogP contribution is -2.11. The highest BCUT2D eigenvalue weighted by Crippen LogP contribution is 2.38. The van der Waals surface area contributed by atoms with Crippen LogP contribution in [0.25, 0.3) is 12.2 Å². The molecule has 0 atom stereocenters. The molecule has 8 nitrogen and oxygen atoms in total. The molecular weight excluding hydrogens is 398 g/mol. The normalized spacial score (nSPS) is 14.0. The molecule has 2 aromatic carbocycles. The Hall–Kier alpha value is -3.46. The maximum atomic E-state index is 12.3. The van der Waals surface area contributed by atoms with Crippen LogP contribution in [0.5, 0.6) is 23.0 Å². The van der Waals surface area contributed by atoms with Crippen LogP contribution in [0.1, 0.15) is 11.1 Å². The number of nitrogens with one attached hydrogen (secondary N) is 1. The molecule has 2 aromatic rings. The molecule has 1 aliphatic rings.